The molecule has 2 rings (SSSR count). The number of hydrazine groups is 1. The minimum atomic E-state index is -4.34. The molecule has 3 N–H and O–H groups in total. The highest BCUT2D eigenvalue weighted by Crippen LogP contribution is 2.33. The van der Waals surface area contributed by atoms with Crippen LogP contribution < -0.4 is 11.3 Å². The van der Waals surface area contributed by atoms with Crippen molar-refractivity contribution in [1.82, 2.24) is 5.43 Å². The van der Waals surface area contributed by atoms with Crippen LogP contribution in [0.25, 0.3) is 0 Å². The monoisotopic (exact) mass is 332 g/mol. The van der Waals surface area contributed by atoms with E-state index < -0.39 is 11.7 Å². The van der Waals surface area contributed by atoms with Crippen molar-refractivity contribution >= 4 is 29.0 Å². The van der Waals surface area contributed by atoms with Crippen molar-refractivity contribution in [1.29, 1.82) is 0 Å². The van der Waals surface area contributed by atoms with Crippen molar-refractivity contribution in [3.8, 4) is 0 Å². The number of hydrogen-bond acceptors (Lipinski definition) is 4. The molecule has 8 heteroatoms. The van der Waals surface area contributed by atoms with Gasteiger partial charge in [-0.25, -0.2) is 5.84 Å². The molecule has 0 atom stereocenters. The highest BCUT2D eigenvalue weighted by atomic mass is 32.2. The van der Waals surface area contributed by atoms with Gasteiger partial charge in [-0.2, -0.15) is 13.2 Å². The molecule has 0 saturated heterocycles. The van der Waals surface area contributed by atoms with Gasteiger partial charge in [0.25, 0.3) is 5.91 Å². The maximum atomic E-state index is 12.6. The molecule has 0 spiro atoms. The first kappa shape index (κ1) is 15.9. The van der Waals surface area contributed by atoms with E-state index >= 15 is 0 Å². The fraction of sp³-hybridized carbons (Fsp3) is 0.154. The van der Waals surface area contributed by atoms with Gasteiger partial charge in [0, 0.05) is 15.5 Å². The number of nitrogens with one attached hydrogen (secondary N) is 1. The molecule has 3 nitrogen and oxygen atoms in total. The Labute approximate surface area is 127 Å². The molecule has 0 bridgehead atoms. The van der Waals surface area contributed by atoms with E-state index in [-0.39, 0.29) is 5.91 Å². The fourth-order valence-corrected chi connectivity index (χ4v) is 3.47. The van der Waals surface area contributed by atoms with Crippen molar-refractivity contribution in [3.05, 3.63) is 51.7 Å². The number of halogens is 3. The van der Waals surface area contributed by atoms with E-state index in [0.717, 1.165) is 17.0 Å². The van der Waals surface area contributed by atoms with Crippen LogP contribution in [0.3, 0.4) is 0 Å². The molecule has 0 aliphatic heterocycles. The van der Waals surface area contributed by atoms with Crippen molar-refractivity contribution in [3.63, 3.8) is 0 Å². The number of hydrogen-bond donors (Lipinski definition) is 2. The number of thioether (sulfide) groups is 1. The van der Waals surface area contributed by atoms with Crippen LogP contribution in [-0.4, -0.2) is 5.91 Å². The van der Waals surface area contributed by atoms with Crippen molar-refractivity contribution in [2.24, 2.45) is 5.84 Å². The van der Waals surface area contributed by atoms with Crippen LogP contribution in [-0.2, 0) is 11.9 Å². The maximum absolute atomic E-state index is 12.6. The van der Waals surface area contributed by atoms with Crippen LogP contribution in [0.2, 0.25) is 0 Å². The van der Waals surface area contributed by atoms with Crippen LogP contribution in [0.15, 0.2) is 41.3 Å². The molecule has 0 unspecified atom stereocenters. The molecular weight excluding hydrogens is 321 g/mol. The van der Waals surface area contributed by atoms with Gasteiger partial charge < -0.3 is 0 Å². The Balaban J connectivity index is 2.03. The smallest absolute Gasteiger partial charge is 0.289 e. The summed E-state index contributed by atoms with van der Waals surface area (Å²) in [5.41, 5.74) is 1.37. The average molecular weight is 332 g/mol. The molecular formula is C13H11F3N2OS2. The summed E-state index contributed by atoms with van der Waals surface area (Å²) in [5, 5.41) is 0. The zero-order chi connectivity index (χ0) is 15.5. The number of rotatable bonds is 4. The Morgan fingerprint density at radius 1 is 1.29 bits per heavy atom. The molecule has 1 heterocycles. The number of carbonyl (C=O) groups is 1. The van der Waals surface area contributed by atoms with Crippen LogP contribution in [0, 0.1) is 0 Å². The first-order chi connectivity index (χ1) is 9.90. The molecule has 112 valence electrons. The zero-order valence-corrected chi connectivity index (χ0v) is 12.2. The van der Waals surface area contributed by atoms with Gasteiger partial charge in [-0.05, 0) is 30.3 Å². The Morgan fingerprint density at radius 2 is 2.05 bits per heavy atom. The van der Waals surface area contributed by atoms with Crippen LogP contribution in [0.1, 0.15) is 20.1 Å². The highest BCUT2D eigenvalue weighted by Gasteiger charge is 2.30. The lowest BCUT2D eigenvalue weighted by molar-refractivity contribution is -0.137. The van der Waals surface area contributed by atoms with Gasteiger partial charge in [0.05, 0.1) is 10.4 Å². The second-order valence-corrected chi connectivity index (χ2v) is 6.27. The topological polar surface area (TPSA) is 55.1 Å². The van der Waals surface area contributed by atoms with Gasteiger partial charge >= 0.3 is 6.18 Å². The van der Waals surface area contributed by atoms with Gasteiger partial charge in [0.2, 0.25) is 0 Å². The number of alkyl halides is 3. The second kappa shape index (κ2) is 6.50. The van der Waals surface area contributed by atoms with E-state index in [1.807, 2.05) is 5.43 Å². The largest absolute Gasteiger partial charge is 0.416 e. The number of nitrogens with two attached hydrogens (primary N) is 1. The number of benzene rings is 1. The minimum absolute atomic E-state index is 0.379. The first-order valence-corrected chi connectivity index (χ1v) is 7.60. The van der Waals surface area contributed by atoms with Crippen LogP contribution >= 0.6 is 23.1 Å². The predicted octanol–water partition coefficient (Wildman–Crippen LogP) is 3.66. The SMILES string of the molecule is NNC(=O)c1ccc(CSc2cccc(C(F)(F)F)c2)s1. The van der Waals surface area contributed by atoms with Gasteiger partial charge in [0.1, 0.15) is 0 Å². The van der Waals surface area contributed by atoms with Crippen LogP contribution in [0.4, 0.5) is 13.2 Å². The van der Waals surface area contributed by atoms with Crippen molar-refractivity contribution in [2.45, 2.75) is 16.8 Å². The minimum Gasteiger partial charge on any atom is -0.289 e. The Hall–Kier alpha value is -1.51. The van der Waals surface area contributed by atoms with E-state index in [1.165, 1.54) is 29.2 Å². The zero-order valence-electron chi connectivity index (χ0n) is 10.6. The molecule has 0 aliphatic rings. The molecule has 21 heavy (non-hydrogen) atoms. The summed E-state index contributed by atoms with van der Waals surface area (Å²) in [6, 6.07) is 8.56. The number of amides is 1. The standard InChI is InChI=1S/C13H11F3N2OS2/c14-13(15,16)8-2-1-3-9(6-8)20-7-10-4-5-11(21-10)12(19)18-17/h1-6H,7,17H2,(H,18,19). The number of carbonyl (C=O) groups excluding carboxylic acids is 1. The fourth-order valence-electron chi connectivity index (χ4n) is 1.57. The summed E-state index contributed by atoms with van der Waals surface area (Å²) in [4.78, 5) is 13.2. The lowest BCUT2D eigenvalue weighted by Gasteiger charge is -2.08. The van der Waals surface area contributed by atoms with Gasteiger partial charge in [-0.3, -0.25) is 10.2 Å². The summed E-state index contributed by atoms with van der Waals surface area (Å²) in [6.45, 7) is 0. The second-order valence-electron chi connectivity index (χ2n) is 4.05. The normalized spacial score (nSPS) is 11.4. The van der Waals surface area contributed by atoms with E-state index in [9.17, 15) is 18.0 Å². The summed E-state index contributed by atoms with van der Waals surface area (Å²) in [7, 11) is 0. The molecule has 2 aromatic rings. The molecule has 0 fully saturated rings. The third-order valence-corrected chi connectivity index (χ3v) is 4.87. The summed E-state index contributed by atoms with van der Waals surface area (Å²) >= 11 is 2.54. The van der Waals surface area contributed by atoms with E-state index in [4.69, 9.17) is 5.84 Å². The Kier molecular flexibility index (Phi) is 4.92. The van der Waals surface area contributed by atoms with E-state index in [1.54, 1.807) is 18.2 Å². The summed E-state index contributed by atoms with van der Waals surface area (Å²) in [5.74, 6) is 5.14. The molecule has 0 aliphatic carbocycles. The quantitative estimate of drug-likeness (QED) is 0.389. The van der Waals surface area contributed by atoms with Gasteiger partial charge in [0.15, 0.2) is 0 Å². The summed E-state index contributed by atoms with van der Waals surface area (Å²) in [6.07, 6.45) is -4.34. The van der Waals surface area contributed by atoms with Crippen LogP contribution in [0.5, 0.6) is 0 Å². The van der Waals surface area contributed by atoms with E-state index in [0.29, 0.717) is 15.5 Å². The summed E-state index contributed by atoms with van der Waals surface area (Å²) < 4.78 is 37.8. The molecule has 1 aromatic carbocycles. The molecule has 0 radical (unpaired) electrons. The van der Waals surface area contributed by atoms with Gasteiger partial charge in [-0.1, -0.05) is 6.07 Å². The number of thiophene rings is 1. The predicted molar refractivity (Wildman–Crippen MR) is 77.0 cm³/mol. The molecule has 1 amide bonds. The third-order valence-electron chi connectivity index (χ3n) is 2.56. The first-order valence-electron chi connectivity index (χ1n) is 5.80. The van der Waals surface area contributed by atoms with Crippen molar-refractivity contribution < 1.29 is 18.0 Å². The average Bonchev–Trinajstić information content (AvgIpc) is 2.92. The number of nitrogen functional groups attached to an aromatic ring is 1. The maximum Gasteiger partial charge on any atom is 0.416 e. The lowest BCUT2D eigenvalue weighted by atomic mass is 10.2. The van der Waals surface area contributed by atoms with Gasteiger partial charge in [-0.15, -0.1) is 23.1 Å². The molecule has 1 aromatic heterocycles. The Bertz CT molecular complexity index is 640. The Morgan fingerprint density at radius 3 is 2.71 bits per heavy atom. The molecule has 0 saturated carbocycles. The lowest BCUT2D eigenvalue weighted by Crippen LogP contribution is -2.29. The third kappa shape index (κ3) is 4.23. The van der Waals surface area contributed by atoms with Crippen molar-refractivity contribution in [2.75, 3.05) is 0 Å². The highest BCUT2D eigenvalue weighted by molar-refractivity contribution is 7.98. The van der Waals surface area contributed by atoms with E-state index in [2.05, 4.69) is 0 Å².